The highest BCUT2D eigenvalue weighted by molar-refractivity contribution is 5.71. The summed E-state index contributed by atoms with van der Waals surface area (Å²) >= 11 is 0. The van der Waals surface area contributed by atoms with Crippen molar-refractivity contribution in [3.05, 3.63) is 12.2 Å². The second kappa shape index (κ2) is 69.6. The fourth-order valence-corrected chi connectivity index (χ4v) is 11.5. The fraction of sp³-hybridized carbons (Fsp3) is 0.932. The Morgan fingerprint density at radius 1 is 0.237 bits per heavy atom. The third-order valence-corrected chi connectivity index (χ3v) is 17.0. The molecule has 0 radical (unpaired) electrons. The minimum Gasteiger partial charge on any atom is -0.462 e. The average molecular weight is 1130 g/mol. The van der Waals surface area contributed by atoms with Gasteiger partial charge in [-0.3, -0.25) is 14.4 Å². The highest BCUT2D eigenvalue weighted by atomic mass is 16.6. The number of carbonyl (C=O) groups is 3. The van der Waals surface area contributed by atoms with Crippen LogP contribution in [-0.4, -0.2) is 37.2 Å². The SMILES string of the molecule is CCCCCCCCCC/C=C\CCCCCCCCCCCCCCCCCCCC(=O)OCC(COC(=O)CCCCCCCCCCCCCCCCCC)OC(=O)CCCCCCCCCCCCCCCCCCC. The van der Waals surface area contributed by atoms with Crippen LogP contribution in [0.1, 0.15) is 425 Å². The predicted molar refractivity (Wildman–Crippen MR) is 349 cm³/mol. The standard InChI is InChI=1S/C74H142O6/c1-4-7-10-13-16-19-22-25-28-31-32-33-34-35-36-37-38-39-40-41-42-44-46-49-52-55-58-61-64-67-73(76)79-70-71(69-78-72(75)66-63-60-57-54-51-48-45-30-27-24-21-18-15-12-9-6-3)80-74(77)68-65-62-59-56-53-50-47-43-29-26-23-20-17-14-11-8-5-2/h31-32,71H,4-30,33-70H2,1-3H3/b32-31-. The maximum atomic E-state index is 12.9. The maximum Gasteiger partial charge on any atom is 0.306 e. The Hall–Kier alpha value is -1.85. The second-order valence-corrected chi connectivity index (χ2v) is 25.2. The molecule has 1 atom stereocenters. The summed E-state index contributed by atoms with van der Waals surface area (Å²) in [4.78, 5) is 38.5. The van der Waals surface area contributed by atoms with Gasteiger partial charge in [-0.05, 0) is 44.9 Å². The molecule has 0 aromatic heterocycles. The van der Waals surface area contributed by atoms with E-state index in [1.165, 1.54) is 327 Å². The molecule has 0 fully saturated rings. The Kier molecular flexibility index (Phi) is 68.0. The number of ether oxygens (including phenoxy) is 3. The normalized spacial score (nSPS) is 12.0. The van der Waals surface area contributed by atoms with E-state index in [0.717, 1.165) is 57.8 Å². The van der Waals surface area contributed by atoms with Crippen LogP contribution in [-0.2, 0) is 28.6 Å². The van der Waals surface area contributed by atoms with Crippen LogP contribution in [0.4, 0.5) is 0 Å². The lowest BCUT2D eigenvalue weighted by atomic mass is 10.0. The van der Waals surface area contributed by atoms with Gasteiger partial charge in [-0.2, -0.15) is 0 Å². The minimum atomic E-state index is -0.765. The molecule has 0 aliphatic rings. The number of rotatable bonds is 69. The van der Waals surface area contributed by atoms with Gasteiger partial charge in [-0.15, -0.1) is 0 Å². The third kappa shape index (κ3) is 66.9. The van der Waals surface area contributed by atoms with Gasteiger partial charge in [0.05, 0.1) is 0 Å². The van der Waals surface area contributed by atoms with E-state index in [2.05, 4.69) is 32.9 Å². The molecule has 0 rings (SSSR count). The zero-order valence-corrected chi connectivity index (χ0v) is 54.6. The lowest BCUT2D eigenvalue weighted by Gasteiger charge is -2.18. The molecule has 1 unspecified atom stereocenters. The average Bonchev–Trinajstić information content (AvgIpc) is 3.46. The van der Waals surface area contributed by atoms with Crippen LogP contribution in [0.15, 0.2) is 12.2 Å². The van der Waals surface area contributed by atoms with Crippen molar-refractivity contribution in [3.8, 4) is 0 Å². The van der Waals surface area contributed by atoms with Crippen molar-refractivity contribution in [1.82, 2.24) is 0 Å². The van der Waals surface area contributed by atoms with Crippen molar-refractivity contribution in [1.29, 1.82) is 0 Å². The molecular formula is C74H142O6. The van der Waals surface area contributed by atoms with Crippen molar-refractivity contribution in [2.45, 2.75) is 431 Å². The fourth-order valence-electron chi connectivity index (χ4n) is 11.5. The van der Waals surface area contributed by atoms with Gasteiger partial charge in [0.25, 0.3) is 0 Å². The zero-order chi connectivity index (χ0) is 57.8. The third-order valence-electron chi connectivity index (χ3n) is 17.0. The number of hydrogen-bond donors (Lipinski definition) is 0. The summed E-state index contributed by atoms with van der Waals surface area (Å²) in [6.45, 7) is 6.74. The lowest BCUT2D eigenvalue weighted by molar-refractivity contribution is -0.167. The molecule has 0 aliphatic carbocycles. The van der Waals surface area contributed by atoms with Crippen molar-refractivity contribution in [2.75, 3.05) is 13.2 Å². The van der Waals surface area contributed by atoms with Crippen LogP contribution in [0.25, 0.3) is 0 Å². The molecule has 0 aromatic rings. The first kappa shape index (κ1) is 78.1. The number of esters is 3. The van der Waals surface area contributed by atoms with Crippen LogP contribution in [0.2, 0.25) is 0 Å². The molecule has 6 nitrogen and oxygen atoms in total. The molecule has 0 aliphatic heterocycles. The van der Waals surface area contributed by atoms with Crippen molar-refractivity contribution >= 4 is 17.9 Å². The summed E-state index contributed by atoms with van der Waals surface area (Å²) < 4.78 is 17.0. The zero-order valence-electron chi connectivity index (χ0n) is 54.6. The van der Waals surface area contributed by atoms with E-state index in [9.17, 15) is 14.4 Å². The second-order valence-electron chi connectivity index (χ2n) is 25.2. The Morgan fingerprint density at radius 2 is 0.412 bits per heavy atom. The van der Waals surface area contributed by atoms with Crippen molar-refractivity contribution in [3.63, 3.8) is 0 Å². The first-order valence-corrected chi connectivity index (χ1v) is 36.7. The van der Waals surface area contributed by atoms with E-state index < -0.39 is 6.10 Å². The molecule has 0 aromatic carbocycles. The van der Waals surface area contributed by atoms with E-state index in [-0.39, 0.29) is 31.1 Å². The van der Waals surface area contributed by atoms with Crippen LogP contribution in [0.5, 0.6) is 0 Å². The van der Waals surface area contributed by atoms with E-state index in [1.807, 2.05) is 0 Å². The molecule has 0 heterocycles. The number of hydrogen-bond acceptors (Lipinski definition) is 6. The maximum absolute atomic E-state index is 12.9. The number of carbonyl (C=O) groups excluding carboxylic acids is 3. The number of allylic oxidation sites excluding steroid dienone is 2. The highest BCUT2D eigenvalue weighted by Crippen LogP contribution is 2.19. The smallest absolute Gasteiger partial charge is 0.306 e. The molecule has 6 heteroatoms. The summed E-state index contributed by atoms with van der Waals surface area (Å²) in [5.74, 6) is -0.822. The Balaban J connectivity index is 4.18. The van der Waals surface area contributed by atoms with Gasteiger partial charge in [0.1, 0.15) is 13.2 Å². The van der Waals surface area contributed by atoms with Crippen LogP contribution in [0.3, 0.4) is 0 Å². The molecule has 0 bridgehead atoms. The largest absolute Gasteiger partial charge is 0.462 e. The van der Waals surface area contributed by atoms with E-state index in [1.54, 1.807) is 0 Å². The summed E-state index contributed by atoms with van der Waals surface area (Å²) in [6.07, 6.45) is 83.9. The van der Waals surface area contributed by atoms with Gasteiger partial charge in [0, 0.05) is 19.3 Å². The molecule has 0 N–H and O–H groups in total. The molecular weight excluding hydrogens is 985 g/mol. The summed E-state index contributed by atoms with van der Waals surface area (Å²) in [7, 11) is 0. The lowest BCUT2D eigenvalue weighted by Crippen LogP contribution is -2.30. The Bertz CT molecular complexity index is 1250. The topological polar surface area (TPSA) is 78.9 Å². The van der Waals surface area contributed by atoms with Gasteiger partial charge >= 0.3 is 17.9 Å². The quantitative estimate of drug-likeness (QED) is 0.0261. The Labute approximate surface area is 501 Å². The predicted octanol–water partition coefficient (Wildman–Crippen LogP) is 25.2. The van der Waals surface area contributed by atoms with Crippen LogP contribution in [0, 0.1) is 0 Å². The van der Waals surface area contributed by atoms with E-state index in [4.69, 9.17) is 14.2 Å². The molecule has 0 amide bonds. The van der Waals surface area contributed by atoms with Gasteiger partial charge in [0.2, 0.25) is 0 Å². The molecule has 0 saturated heterocycles. The highest BCUT2D eigenvalue weighted by Gasteiger charge is 2.20. The summed E-state index contributed by atoms with van der Waals surface area (Å²) in [6, 6.07) is 0. The molecule has 80 heavy (non-hydrogen) atoms. The molecule has 474 valence electrons. The first-order chi connectivity index (χ1) is 39.5. The van der Waals surface area contributed by atoms with Crippen molar-refractivity contribution in [2.24, 2.45) is 0 Å². The van der Waals surface area contributed by atoms with E-state index >= 15 is 0 Å². The summed E-state index contributed by atoms with van der Waals surface area (Å²) in [5, 5.41) is 0. The van der Waals surface area contributed by atoms with Crippen LogP contribution >= 0.6 is 0 Å². The molecule has 0 saturated carbocycles. The van der Waals surface area contributed by atoms with Gasteiger partial charge in [-0.25, -0.2) is 0 Å². The van der Waals surface area contributed by atoms with Gasteiger partial charge in [0.15, 0.2) is 6.10 Å². The Morgan fingerprint density at radius 3 is 0.625 bits per heavy atom. The number of unbranched alkanes of at least 4 members (excludes halogenated alkanes) is 56. The van der Waals surface area contributed by atoms with E-state index in [0.29, 0.717) is 19.3 Å². The minimum absolute atomic E-state index is 0.0617. The molecule has 0 spiro atoms. The van der Waals surface area contributed by atoms with Crippen LogP contribution < -0.4 is 0 Å². The summed E-state index contributed by atoms with van der Waals surface area (Å²) in [5.41, 5.74) is 0. The van der Waals surface area contributed by atoms with Gasteiger partial charge in [-0.1, -0.05) is 373 Å². The first-order valence-electron chi connectivity index (χ1n) is 36.7. The van der Waals surface area contributed by atoms with Crippen molar-refractivity contribution < 1.29 is 28.6 Å². The monoisotopic (exact) mass is 1130 g/mol. The van der Waals surface area contributed by atoms with Gasteiger partial charge < -0.3 is 14.2 Å².